The Kier molecular flexibility index (Phi) is 4.25. The predicted molar refractivity (Wildman–Crippen MR) is 45.0 cm³/mol. The van der Waals surface area contributed by atoms with Crippen LogP contribution in [-0.4, -0.2) is 32.7 Å². The van der Waals surface area contributed by atoms with Crippen LogP contribution in [0.15, 0.2) is 0 Å². The Morgan fingerprint density at radius 1 is 1.42 bits per heavy atom. The maximum Gasteiger partial charge on any atom is 0.161 e. The maximum absolute atomic E-state index is 11.2. The van der Waals surface area contributed by atoms with E-state index < -0.39 is 0 Å². The first-order valence-corrected chi connectivity index (χ1v) is 4.44. The van der Waals surface area contributed by atoms with Gasteiger partial charge in [-0.3, -0.25) is 4.79 Å². The van der Waals surface area contributed by atoms with Crippen molar-refractivity contribution in [3.63, 3.8) is 0 Å². The molecular weight excluding hydrogens is 156 g/mol. The van der Waals surface area contributed by atoms with Gasteiger partial charge in [0.1, 0.15) is 6.61 Å². The molecule has 1 aliphatic carbocycles. The van der Waals surface area contributed by atoms with E-state index in [9.17, 15) is 4.79 Å². The monoisotopic (exact) mass is 172 g/mol. The van der Waals surface area contributed by atoms with Crippen molar-refractivity contribution < 1.29 is 14.3 Å². The van der Waals surface area contributed by atoms with Gasteiger partial charge in [0, 0.05) is 13.0 Å². The molecule has 0 atom stereocenters. The minimum Gasteiger partial charge on any atom is -0.382 e. The topological polar surface area (TPSA) is 35.5 Å². The quantitative estimate of drug-likeness (QED) is 0.561. The highest BCUT2D eigenvalue weighted by atomic mass is 16.5. The van der Waals surface area contributed by atoms with Gasteiger partial charge in [-0.05, 0) is 12.8 Å². The summed E-state index contributed by atoms with van der Waals surface area (Å²) < 4.78 is 9.91. The molecule has 1 fully saturated rings. The van der Waals surface area contributed by atoms with E-state index in [1.807, 2.05) is 0 Å². The molecule has 0 aromatic heterocycles. The van der Waals surface area contributed by atoms with Gasteiger partial charge in [0.25, 0.3) is 0 Å². The Labute approximate surface area is 73.0 Å². The van der Waals surface area contributed by atoms with Gasteiger partial charge in [0.2, 0.25) is 0 Å². The van der Waals surface area contributed by atoms with Crippen LogP contribution in [0.2, 0.25) is 0 Å². The molecule has 0 amide bonds. The summed E-state index contributed by atoms with van der Waals surface area (Å²) in [7, 11) is 1.62. The summed E-state index contributed by atoms with van der Waals surface area (Å²) in [5.74, 6) is 0.560. The fraction of sp³-hybridized carbons (Fsp3) is 0.889. The van der Waals surface area contributed by atoms with Gasteiger partial charge >= 0.3 is 0 Å². The Hall–Kier alpha value is -0.410. The van der Waals surface area contributed by atoms with Gasteiger partial charge in [0.05, 0.1) is 13.2 Å². The summed E-state index contributed by atoms with van der Waals surface area (Å²) in [5, 5.41) is 0. The SMILES string of the molecule is COCCOCC(=O)C1CCC1. The third-order valence-corrected chi connectivity index (χ3v) is 2.24. The van der Waals surface area contributed by atoms with Crippen LogP contribution in [0.25, 0.3) is 0 Å². The van der Waals surface area contributed by atoms with Crippen LogP contribution in [0.3, 0.4) is 0 Å². The fourth-order valence-corrected chi connectivity index (χ4v) is 1.16. The molecule has 1 aliphatic rings. The molecular formula is C9H16O3. The van der Waals surface area contributed by atoms with Crippen molar-refractivity contribution in [1.29, 1.82) is 0 Å². The summed E-state index contributed by atoms with van der Waals surface area (Å²) in [6, 6.07) is 0. The molecule has 0 aromatic rings. The molecule has 0 heterocycles. The van der Waals surface area contributed by atoms with Crippen LogP contribution < -0.4 is 0 Å². The van der Waals surface area contributed by atoms with E-state index in [4.69, 9.17) is 9.47 Å². The number of carbonyl (C=O) groups is 1. The van der Waals surface area contributed by atoms with E-state index in [2.05, 4.69) is 0 Å². The lowest BCUT2D eigenvalue weighted by atomic mass is 9.82. The Bertz CT molecular complexity index is 141. The van der Waals surface area contributed by atoms with Crippen molar-refractivity contribution in [1.82, 2.24) is 0 Å². The van der Waals surface area contributed by atoms with Crippen LogP contribution >= 0.6 is 0 Å². The summed E-state index contributed by atoms with van der Waals surface area (Å²) >= 11 is 0. The van der Waals surface area contributed by atoms with E-state index in [1.165, 1.54) is 6.42 Å². The third-order valence-electron chi connectivity index (χ3n) is 2.24. The summed E-state index contributed by atoms with van der Waals surface area (Å²) in [6.45, 7) is 1.36. The van der Waals surface area contributed by atoms with Crippen molar-refractivity contribution in [2.75, 3.05) is 26.9 Å². The Morgan fingerprint density at radius 3 is 2.67 bits per heavy atom. The van der Waals surface area contributed by atoms with E-state index in [0.717, 1.165) is 12.8 Å². The van der Waals surface area contributed by atoms with Crippen LogP contribution in [-0.2, 0) is 14.3 Å². The first kappa shape index (κ1) is 9.68. The summed E-state index contributed by atoms with van der Waals surface area (Å²) in [4.78, 5) is 11.2. The highest BCUT2D eigenvalue weighted by molar-refractivity contribution is 5.82. The zero-order chi connectivity index (χ0) is 8.81. The second-order valence-corrected chi connectivity index (χ2v) is 3.14. The third kappa shape index (κ3) is 2.91. The van der Waals surface area contributed by atoms with Gasteiger partial charge in [-0.2, -0.15) is 0 Å². The largest absolute Gasteiger partial charge is 0.382 e. The zero-order valence-corrected chi connectivity index (χ0v) is 7.54. The molecule has 0 aliphatic heterocycles. The minimum atomic E-state index is 0.261. The molecule has 0 saturated heterocycles. The minimum absolute atomic E-state index is 0.261. The van der Waals surface area contributed by atoms with Crippen molar-refractivity contribution in [3.8, 4) is 0 Å². The Balaban J connectivity index is 1.94. The summed E-state index contributed by atoms with van der Waals surface area (Å²) in [6.07, 6.45) is 3.33. The first-order chi connectivity index (χ1) is 5.84. The van der Waals surface area contributed by atoms with Crippen LogP contribution in [0, 0.1) is 5.92 Å². The number of hydrogen-bond donors (Lipinski definition) is 0. The summed E-state index contributed by atoms with van der Waals surface area (Å²) in [5.41, 5.74) is 0. The number of carbonyl (C=O) groups excluding carboxylic acids is 1. The van der Waals surface area contributed by atoms with Gasteiger partial charge in [0.15, 0.2) is 5.78 Å². The molecule has 0 N–H and O–H groups in total. The second kappa shape index (κ2) is 5.27. The molecule has 3 heteroatoms. The lowest BCUT2D eigenvalue weighted by Gasteiger charge is -2.23. The average molecular weight is 172 g/mol. The van der Waals surface area contributed by atoms with Gasteiger partial charge in [-0.15, -0.1) is 0 Å². The van der Waals surface area contributed by atoms with E-state index in [-0.39, 0.29) is 12.4 Å². The normalized spacial score (nSPS) is 17.4. The van der Waals surface area contributed by atoms with Crippen LogP contribution in [0.5, 0.6) is 0 Å². The molecule has 0 radical (unpaired) electrons. The molecule has 3 nitrogen and oxygen atoms in total. The van der Waals surface area contributed by atoms with E-state index in [0.29, 0.717) is 19.1 Å². The van der Waals surface area contributed by atoms with Crippen molar-refractivity contribution >= 4 is 5.78 Å². The van der Waals surface area contributed by atoms with E-state index >= 15 is 0 Å². The number of rotatable bonds is 6. The first-order valence-electron chi connectivity index (χ1n) is 4.44. The Morgan fingerprint density at radius 2 is 2.17 bits per heavy atom. The van der Waals surface area contributed by atoms with Gasteiger partial charge in [-0.1, -0.05) is 6.42 Å². The molecule has 12 heavy (non-hydrogen) atoms. The van der Waals surface area contributed by atoms with Gasteiger partial charge < -0.3 is 9.47 Å². The standard InChI is InChI=1S/C9H16O3/c1-11-5-6-12-7-9(10)8-3-2-4-8/h8H,2-7H2,1H3. The van der Waals surface area contributed by atoms with Gasteiger partial charge in [-0.25, -0.2) is 0 Å². The molecule has 70 valence electrons. The molecule has 0 spiro atoms. The van der Waals surface area contributed by atoms with Crippen LogP contribution in [0.1, 0.15) is 19.3 Å². The number of methoxy groups -OCH3 is 1. The second-order valence-electron chi connectivity index (χ2n) is 3.14. The lowest BCUT2D eigenvalue weighted by Crippen LogP contribution is -2.26. The molecule has 0 unspecified atom stereocenters. The molecule has 0 aromatic carbocycles. The molecule has 0 bridgehead atoms. The fourth-order valence-electron chi connectivity index (χ4n) is 1.16. The van der Waals surface area contributed by atoms with E-state index in [1.54, 1.807) is 7.11 Å². The average Bonchev–Trinajstić information content (AvgIpc) is 1.95. The van der Waals surface area contributed by atoms with Crippen molar-refractivity contribution in [3.05, 3.63) is 0 Å². The zero-order valence-electron chi connectivity index (χ0n) is 7.54. The number of ketones is 1. The number of Topliss-reactive ketones (excluding diaryl/α,β-unsaturated/α-hetero) is 1. The van der Waals surface area contributed by atoms with Crippen molar-refractivity contribution in [2.45, 2.75) is 19.3 Å². The number of ether oxygens (including phenoxy) is 2. The maximum atomic E-state index is 11.2. The lowest BCUT2D eigenvalue weighted by molar-refractivity contribution is -0.130. The van der Waals surface area contributed by atoms with Crippen LogP contribution in [0.4, 0.5) is 0 Å². The predicted octanol–water partition coefficient (Wildman–Crippen LogP) is 1.02. The highest BCUT2D eigenvalue weighted by Gasteiger charge is 2.24. The smallest absolute Gasteiger partial charge is 0.161 e. The number of hydrogen-bond acceptors (Lipinski definition) is 3. The molecule has 1 rings (SSSR count). The highest BCUT2D eigenvalue weighted by Crippen LogP contribution is 2.26. The molecule has 1 saturated carbocycles. The van der Waals surface area contributed by atoms with Crippen molar-refractivity contribution in [2.24, 2.45) is 5.92 Å².